The molecule has 0 N–H and O–H groups in total. The summed E-state index contributed by atoms with van der Waals surface area (Å²) in [7, 11) is 0. The van der Waals surface area contributed by atoms with Crippen molar-refractivity contribution in [3.8, 4) is 11.1 Å². The van der Waals surface area contributed by atoms with Crippen molar-refractivity contribution in [2.75, 3.05) is 0 Å². The SMILES string of the molecule is Cl.O=Cc1ccc(-c2ccsc2)cc1. The minimum Gasteiger partial charge on any atom is -0.298 e. The number of carbonyl (C=O) groups is 1. The summed E-state index contributed by atoms with van der Waals surface area (Å²) in [5.41, 5.74) is 3.09. The quantitative estimate of drug-likeness (QED) is 0.712. The number of rotatable bonds is 2. The molecule has 0 saturated carbocycles. The van der Waals surface area contributed by atoms with Crippen molar-refractivity contribution in [1.82, 2.24) is 0 Å². The van der Waals surface area contributed by atoms with Gasteiger partial charge in [0.25, 0.3) is 0 Å². The topological polar surface area (TPSA) is 17.1 Å². The van der Waals surface area contributed by atoms with E-state index in [9.17, 15) is 4.79 Å². The average molecular weight is 225 g/mol. The molecule has 0 spiro atoms. The third-order valence-corrected chi connectivity index (χ3v) is 2.58. The third kappa shape index (κ3) is 2.22. The van der Waals surface area contributed by atoms with E-state index in [1.54, 1.807) is 11.3 Å². The molecular formula is C11H9ClOS. The molecule has 1 aromatic heterocycles. The van der Waals surface area contributed by atoms with Gasteiger partial charge in [-0.05, 0) is 28.0 Å². The summed E-state index contributed by atoms with van der Waals surface area (Å²) in [6, 6.07) is 9.66. The number of carbonyl (C=O) groups excluding carboxylic acids is 1. The fourth-order valence-corrected chi connectivity index (χ4v) is 1.85. The van der Waals surface area contributed by atoms with E-state index in [1.807, 2.05) is 29.6 Å². The summed E-state index contributed by atoms with van der Waals surface area (Å²) < 4.78 is 0. The first-order valence-corrected chi connectivity index (χ1v) is 4.92. The number of thiophene rings is 1. The monoisotopic (exact) mass is 224 g/mol. The number of benzene rings is 1. The van der Waals surface area contributed by atoms with E-state index in [2.05, 4.69) is 11.4 Å². The van der Waals surface area contributed by atoms with Crippen LogP contribution in [0.3, 0.4) is 0 Å². The van der Waals surface area contributed by atoms with Crippen LogP contribution in [0.4, 0.5) is 0 Å². The van der Waals surface area contributed by atoms with Gasteiger partial charge in [0.2, 0.25) is 0 Å². The van der Waals surface area contributed by atoms with Crippen molar-refractivity contribution in [2.45, 2.75) is 0 Å². The van der Waals surface area contributed by atoms with Crippen LogP contribution in [0.2, 0.25) is 0 Å². The van der Waals surface area contributed by atoms with E-state index in [1.165, 1.54) is 5.56 Å². The highest BCUT2D eigenvalue weighted by molar-refractivity contribution is 7.08. The van der Waals surface area contributed by atoms with Gasteiger partial charge in [-0.25, -0.2) is 0 Å². The first kappa shape index (κ1) is 11.0. The molecule has 0 aliphatic carbocycles. The van der Waals surface area contributed by atoms with Gasteiger partial charge in [-0.2, -0.15) is 11.3 Å². The Morgan fingerprint density at radius 1 is 1.00 bits per heavy atom. The zero-order valence-corrected chi connectivity index (χ0v) is 8.98. The molecule has 14 heavy (non-hydrogen) atoms. The molecule has 3 heteroatoms. The van der Waals surface area contributed by atoms with E-state index in [4.69, 9.17) is 0 Å². The maximum absolute atomic E-state index is 10.4. The second-order valence-electron chi connectivity index (χ2n) is 2.75. The van der Waals surface area contributed by atoms with Crippen LogP contribution in [-0.4, -0.2) is 6.29 Å². The Morgan fingerprint density at radius 3 is 2.21 bits per heavy atom. The second kappa shape index (κ2) is 4.94. The van der Waals surface area contributed by atoms with Crippen molar-refractivity contribution >= 4 is 30.0 Å². The molecule has 0 unspecified atom stereocenters. The number of hydrogen-bond acceptors (Lipinski definition) is 2. The summed E-state index contributed by atoms with van der Waals surface area (Å²) in [6.45, 7) is 0. The summed E-state index contributed by atoms with van der Waals surface area (Å²) in [5.74, 6) is 0. The summed E-state index contributed by atoms with van der Waals surface area (Å²) in [5, 5.41) is 4.14. The molecule has 0 bridgehead atoms. The highest BCUT2D eigenvalue weighted by atomic mass is 35.5. The molecule has 0 amide bonds. The van der Waals surface area contributed by atoms with Gasteiger partial charge in [0.1, 0.15) is 6.29 Å². The Labute approximate surface area is 92.8 Å². The van der Waals surface area contributed by atoms with E-state index in [-0.39, 0.29) is 12.4 Å². The largest absolute Gasteiger partial charge is 0.298 e. The normalized spacial score (nSPS) is 9.14. The van der Waals surface area contributed by atoms with Gasteiger partial charge < -0.3 is 0 Å². The highest BCUT2D eigenvalue weighted by Gasteiger charge is 1.96. The molecule has 1 nitrogen and oxygen atoms in total. The molecule has 0 saturated heterocycles. The molecular weight excluding hydrogens is 216 g/mol. The zero-order chi connectivity index (χ0) is 9.10. The summed E-state index contributed by atoms with van der Waals surface area (Å²) >= 11 is 1.67. The predicted molar refractivity (Wildman–Crippen MR) is 62.4 cm³/mol. The lowest BCUT2D eigenvalue weighted by atomic mass is 10.1. The van der Waals surface area contributed by atoms with Crippen molar-refractivity contribution in [3.63, 3.8) is 0 Å². The third-order valence-electron chi connectivity index (χ3n) is 1.90. The molecule has 2 aromatic rings. The van der Waals surface area contributed by atoms with Gasteiger partial charge in [0.15, 0.2) is 0 Å². The van der Waals surface area contributed by atoms with Gasteiger partial charge in [-0.1, -0.05) is 24.3 Å². The van der Waals surface area contributed by atoms with Gasteiger partial charge in [0, 0.05) is 5.56 Å². The lowest BCUT2D eigenvalue weighted by Gasteiger charge is -1.96. The lowest BCUT2D eigenvalue weighted by molar-refractivity contribution is 0.112. The van der Waals surface area contributed by atoms with Crippen molar-refractivity contribution in [3.05, 3.63) is 46.7 Å². The molecule has 0 atom stereocenters. The van der Waals surface area contributed by atoms with Crippen LogP contribution in [0.25, 0.3) is 11.1 Å². The average Bonchev–Trinajstić information content (AvgIpc) is 2.71. The lowest BCUT2D eigenvalue weighted by Crippen LogP contribution is -1.78. The number of aldehydes is 1. The van der Waals surface area contributed by atoms with Crippen LogP contribution in [0.5, 0.6) is 0 Å². The van der Waals surface area contributed by atoms with Crippen LogP contribution in [0, 0.1) is 0 Å². The maximum atomic E-state index is 10.4. The van der Waals surface area contributed by atoms with Gasteiger partial charge in [-0.15, -0.1) is 12.4 Å². The first-order chi connectivity index (χ1) is 6.40. The van der Waals surface area contributed by atoms with Crippen LogP contribution in [0.15, 0.2) is 41.1 Å². The smallest absolute Gasteiger partial charge is 0.150 e. The van der Waals surface area contributed by atoms with E-state index in [0.29, 0.717) is 0 Å². The Kier molecular flexibility index (Phi) is 3.86. The van der Waals surface area contributed by atoms with E-state index in [0.717, 1.165) is 17.4 Å². The molecule has 2 rings (SSSR count). The van der Waals surface area contributed by atoms with Crippen molar-refractivity contribution < 1.29 is 4.79 Å². The Bertz CT molecular complexity index is 392. The van der Waals surface area contributed by atoms with Crippen molar-refractivity contribution in [1.29, 1.82) is 0 Å². The van der Waals surface area contributed by atoms with E-state index < -0.39 is 0 Å². The first-order valence-electron chi connectivity index (χ1n) is 3.98. The Morgan fingerprint density at radius 2 is 1.71 bits per heavy atom. The Hall–Kier alpha value is -1.12. The predicted octanol–water partition coefficient (Wildman–Crippen LogP) is 3.65. The molecule has 1 heterocycles. The van der Waals surface area contributed by atoms with Crippen LogP contribution >= 0.6 is 23.7 Å². The minimum atomic E-state index is 0. The van der Waals surface area contributed by atoms with Crippen molar-refractivity contribution in [2.24, 2.45) is 0 Å². The highest BCUT2D eigenvalue weighted by Crippen LogP contribution is 2.21. The Balaban J connectivity index is 0.000000980. The number of hydrogen-bond donors (Lipinski definition) is 0. The van der Waals surface area contributed by atoms with Gasteiger partial charge in [-0.3, -0.25) is 4.79 Å². The zero-order valence-electron chi connectivity index (χ0n) is 7.34. The summed E-state index contributed by atoms with van der Waals surface area (Å²) in [6.07, 6.45) is 0.859. The van der Waals surface area contributed by atoms with E-state index >= 15 is 0 Å². The molecule has 0 radical (unpaired) electrons. The molecule has 72 valence electrons. The minimum absolute atomic E-state index is 0. The standard InChI is InChI=1S/C11H8OS.ClH/c12-7-9-1-3-10(4-2-9)11-5-6-13-8-11;/h1-8H;1H. The van der Waals surface area contributed by atoms with Crippen LogP contribution < -0.4 is 0 Å². The van der Waals surface area contributed by atoms with Gasteiger partial charge >= 0.3 is 0 Å². The molecule has 0 fully saturated rings. The number of halogens is 1. The maximum Gasteiger partial charge on any atom is 0.150 e. The summed E-state index contributed by atoms with van der Waals surface area (Å²) in [4.78, 5) is 10.4. The van der Waals surface area contributed by atoms with Crippen LogP contribution in [0.1, 0.15) is 10.4 Å². The van der Waals surface area contributed by atoms with Gasteiger partial charge in [0.05, 0.1) is 0 Å². The second-order valence-corrected chi connectivity index (χ2v) is 3.53. The fourth-order valence-electron chi connectivity index (χ4n) is 1.18. The van der Waals surface area contributed by atoms with Crippen LogP contribution in [-0.2, 0) is 0 Å². The molecule has 1 aromatic carbocycles. The fraction of sp³-hybridized carbons (Fsp3) is 0. The molecule has 0 aliphatic rings. The molecule has 0 aliphatic heterocycles.